The van der Waals surface area contributed by atoms with Gasteiger partial charge in [0.2, 0.25) is 0 Å². The van der Waals surface area contributed by atoms with Crippen LogP contribution in [0.4, 0.5) is 0 Å². The SMILES string of the molecule is CCOc1c(Cl)cc(Cl)cc1CCN. The fourth-order valence-electron chi connectivity index (χ4n) is 1.26. The maximum atomic E-state index is 6.00. The van der Waals surface area contributed by atoms with E-state index >= 15 is 0 Å². The smallest absolute Gasteiger partial charge is 0.141 e. The van der Waals surface area contributed by atoms with Crippen LogP contribution in [0.3, 0.4) is 0 Å². The van der Waals surface area contributed by atoms with Crippen LogP contribution in [0.2, 0.25) is 10.0 Å². The third-order valence-corrected chi connectivity index (χ3v) is 2.29. The molecule has 0 aliphatic rings. The van der Waals surface area contributed by atoms with E-state index in [0.29, 0.717) is 28.9 Å². The monoisotopic (exact) mass is 233 g/mol. The van der Waals surface area contributed by atoms with Crippen molar-refractivity contribution in [2.75, 3.05) is 13.2 Å². The number of halogens is 2. The van der Waals surface area contributed by atoms with E-state index in [4.69, 9.17) is 33.7 Å². The van der Waals surface area contributed by atoms with Crippen molar-refractivity contribution in [2.24, 2.45) is 5.73 Å². The number of hydrogen-bond donors (Lipinski definition) is 1. The van der Waals surface area contributed by atoms with Crippen molar-refractivity contribution in [3.63, 3.8) is 0 Å². The maximum Gasteiger partial charge on any atom is 0.141 e. The van der Waals surface area contributed by atoms with Crippen molar-refractivity contribution < 1.29 is 4.74 Å². The highest BCUT2D eigenvalue weighted by molar-refractivity contribution is 6.35. The van der Waals surface area contributed by atoms with E-state index in [1.54, 1.807) is 6.07 Å². The summed E-state index contributed by atoms with van der Waals surface area (Å²) < 4.78 is 5.43. The van der Waals surface area contributed by atoms with Crippen molar-refractivity contribution in [3.8, 4) is 5.75 Å². The lowest BCUT2D eigenvalue weighted by atomic mass is 10.1. The summed E-state index contributed by atoms with van der Waals surface area (Å²) in [5.41, 5.74) is 6.45. The van der Waals surface area contributed by atoms with Crippen LogP contribution in [-0.4, -0.2) is 13.2 Å². The zero-order valence-corrected chi connectivity index (χ0v) is 9.53. The molecule has 1 aromatic rings. The second-order valence-corrected chi connectivity index (χ2v) is 3.69. The topological polar surface area (TPSA) is 35.2 Å². The molecule has 2 nitrogen and oxygen atoms in total. The van der Waals surface area contributed by atoms with Crippen LogP contribution in [0.25, 0.3) is 0 Å². The summed E-state index contributed by atoms with van der Waals surface area (Å²) in [5, 5.41) is 1.16. The van der Waals surface area contributed by atoms with E-state index in [1.165, 1.54) is 0 Å². The molecule has 4 heteroatoms. The Morgan fingerprint density at radius 2 is 2.07 bits per heavy atom. The van der Waals surface area contributed by atoms with Crippen molar-refractivity contribution in [1.29, 1.82) is 0 Å². The highest BCUT2D eigenvalue weighted by Crippen LogP contribution is 2.32. The minimum atomic E-state index is 0.544. The standard InChI is InChI=1S/C10H13Cl2NO/c1-2-14-10-7(3-4-13)5-8(11)6-9(10)12/h5-6H,2-4,13H2,1H3. The van der Waals surface area contributed by atoms with E-state index < -0.39 is 0 Å². The normalized spacial score (nSPS) is 10.3. The third-order valence-electron chi connectivity index (χ3n) is 1.79. The van der Waals surface area contributed by atoms with Crippen molar-refractivity contribution in [1.82, 2.24) is 0 Å². The van der Waals surface area contributed by atoms with Gasteiger partial charge in [0.15, 0.2) is 0 Å². The fraction of sp³-hybridized carbons (Fsp3) is 0.400. The van der Waals surface area contributed by atoms with Gasteiger partial charge in [0.25, 0.3) is 0 Å². The lowest BCUT2D eigenvalue weighted by Gasteiger charge is -2.11. The van der Waals surface area contributed by atoms with Gasteiger partial charge in [0.05, 0.1) is 11.6 Å². The Morgan fingerprint density at radius 3 is 2.64 bits per heavy atom. The molecule has 2 N–H and O–H groups in total. The van der Waals surface area contributed by atoms with Crippen LogP contribution in [0.1, 0.15) is 12.5 Å². The maximum absolute atomic E-state index is 6.00. The summed E-state index contributed by atoms with van der Waals surface area (Å²) in [7, 11) is 0. The molecule has 1 rings (SSSR count). The highest BCUT2D eigenvalue weighted by Gasteiger charge is 2.09. The number of rotatable bonds is 4. The van der Waals surface area contributed by atoms with Crippen molar-refractivity contribution in [3.05, 3.63) is 27.7 Å². The first-order chi connectivity index (χ1) is 6.69. The van der Waals surface area contributed by atoms with Gasteiger partial charge in [-0.05, 0) is 37.6 Å². The Morgan fingerprint density at radius 1 is 1.36 bits per heavy atom. The Hall–Kier alpha value is -0.440. The Labute approximate surface area is 94.0 Å². The van der Waals surface area contributed by atoms with Crippen molar-refractivity contribution >= 4 is 23.2 Å². The zero-order chi connectivity index (χ0) is 10.6. The molecule has 14 heavy (non-hydrogen) atoms. The molecule has 0 spiro atoms. The summed E-state index contributed by atoms with van der Waals surface area (Å²) >= 11 is 11.9. The number of nitrogens with two attached hydrogens (primary N) is 1. The molecule has 0 bridgehead atoms. The summed E-state index contributed by atoms with van der Waals surface area (Å²) in [6.45, 7) is 3.05. The molecule has 0 radical (unpaired) electrons. The van der Waals surface area contributed by atoms with E-state index in [1.807, 2.05) is 13.0 Å². The van der Waals surface area contributed by atoms with Gasteiger partial charge in [-0.15, -0.1) is 0 Å². The van der Waals surface area contributed by atoms with Gasteiger partial charge in [0.1, 0.15) is 5.75 Å². The van der Waals surface area contributed by atoms with Crippen molar-refractivity contribution in [2.45, 2.75) is 13.3 Å². The second kappa shape index (κ2) is 5.44. The van der Waals surface area contributed by atoms with Crippen LogP contribution in [0, 0.1) is 0 Å². The average Bonchev–Trinajstić information content (AvgIpc) is 2.11. The van der Waals surface area contributed by atoms with E-state index in [-0.39, 0.29) is 0 Å². The molecule has 0 heterocycles. The Bertz CT molecular complexity index is 315. The summed E-state index contributed by atoms with van der Waals surface area (Å²) in [4.78, 5) is 0. The third kappa shape index (κ3) is 2.77. The number of ether oxygens (including phenoxy) is 1. The fourth-order valence-corrected chi connectivity index (χ4v) is 1.85. The van der Waals surface area contributed by atoms with Crippen LogP contribution in [0.5, 0.6) is 5.75 Å². The zero-order valence-electron chi connectivity index (χ0n) is 8.02. The molecule has 0 amide bonds. The van der Waals surface area contributed by atoms with Crippen LogP contribution in [0.15, 0.2) is 12.1 Å². The molecule has 0 unspecified atom stereocenters. The summed E-state index contributed by atoms with van der Waals surface area (Å²) in [6, 6.07) is 3.51. The van der Waals surface area contributed by atoms with E-state index in [0.717, 1.165) is 12.0 Å². The highest BCUT2D eigenvalue weighted by atomic mass is 35.5. The first-order valence-corrected chi connectivity index (χ1v) is 5.25. The molecule has 0 fully saturated rings. The van der Waals surface area contributed by atoms with E-state index in [2.05, 4.69) is 0 Å². The average molecular weight is 234 g/mol. The Kier molecular flexibility index (Phi) is 4.52. The number of benzene rings is 1. The van der Waals surface area contributed by atoms with Crippen LogP contribution in [-0.2, 0) is 6.42 Å². The molecule has 78 valence electrons. The van der Waals surface area contributed by atoms with Gasteiger partial charge in [-0.2, -0.15) is 0 Å². The van der Waals surface area contributed by atoms with Gasteiger partial charge in [-0.3, -0.25) is 0 Å². The Balaban J connectivity index is 3.07. The molecule has 0 saturated carbocycles. The van der Waals surface area contributed by atoms with Crippen LogP contribution >= 0.6 is 23.2 Å². The molecule has 0 atom stereocenters. The minimum absolute atomic E-state index is 0.544. The lowest BCUT2D eigenvalue weighted by Crippen LogP contribution is -2.05. The van der Waals surface area contributed by atoms with E-state index in [9.17, 15) is 0 Å². The first-order valence-electron chi connectivity index (χ1n) is 4.49. The van der Waals surface area contributed by atoms with Gasteiger partial charge < -0.3 is 10.5 Å². The molecule has 0 aromatic heterocycles. The lowest BCUT2D eigenvalue weighted by molar-refractivity contribution is 0.337. The summed E-state index contributed by atoms with van der Waals surface area (Å²) in [6.07, 6.45) is 0.718. The molecule has 0 aliphatic heterocycles. The largest absolute Gasteiger partial charge is 0.492 e. The molecule has 0 aliphatic carbocycles. The second-order valence-electron chi connectivity index (χ2n) is 2.85. The van der Waals surface area contributed by atoms with Gasteiger partial charge in [-0.1, -0.05) is 23.2 Å². The van der Waals surface area contributed by atoms with Gasteiger partial charge in [-0.25, -0.2) is 0 Å². The summed E-state index contributed by atoms with van der Waals surface area (Å²) in [5.74, 6) is 0.698. The molecular formula is C10H13Cl2NO. The van der Waals surface area contributed by atoms with Crippen LogP contribution < -0.4 is 10.5 Å². The van der Waals surface area contributed by atoms with Gasteiger partial charge in [0, 0.05) is 5.02 Å². The molecule has 1 aromatic carbocycles. The minimum Gasteiger partial charge on any atom is -0.492 e. The number of hydrogen-bond acceptors (Lipinski definition) is 2. The quantitative estimate of drug-likeness (QED) is 0.869. The molecular weight excluding hydrogens is 221 g/mol. The predicted octanol–water partition coefficient (Wildman–Crippen LogP) is 2.89. The first kappa shape index (κ1) is 11.6. The van der Waals surface area contributed by atoms with Gasteiger partial charge >= 0.3 is 0 Å². The molecule has 0 saturated heterocycles. The predicted molar refractivity (Wildman–Crippen MR) is 60.4 cm³/mol.